The summed E-state index contributed by atoms with van der Waals surface area (Å²) in [6, 6.07) is 15.7. The molecule has 1 amide bonds. The molecular weight excluding hydrogens is 354 g/mol. The summed E-state index contributed by atoms with van der Waals surface area (Å²) in [7, 11) is 1.62. The smallest absolute Gasteiger partial charge is 0.223 e. The van der Waals surface area contributed by atoms with E-state index in [1.165, 1.54) is 0 Å². The second-order valence-corrected chi connectivity index (χ2v) is 7.17. The van der Waals surface area contributed by atoms with Gasteiger partial charge in [-0.25, -0.2) is 0 Å². The topological polar surface area (TPSA) is 56.8 Å². The Hall–Kier alpha value is -2.53. The first-order valence-corrected chi connectivity index (χ1v) is 9.91. The largest absolute Gasteiger partial charge is 0.493 e. The highest BCUT2D eigenvalue weighted by Gasteiger charge is 2.19. The van der Waals surface area contributed by atoms with Crippen LogP contribution in [-0.4, -0.2) is 25.7 Å². The summed E-state index contributed by atoms with van der Waals surface area (Å²) in [4.78, 5) is 12.3. The fourth-order valence-electron chi connectivity index (χ4n) is 3.37. The van der Waals surface area contributed by atoms with Crippen molar-refractivity contribution in [3.05, 3.63) is 59.7 Å². The molecule has 1 aliphatic rings. The van der Waals surface area contributed by atoms with E-state index in [2.05, 4.69) is 5.32 Å². The minimum Gasteiger partial charge on any atom is -0.493 e. The van der Waals surface area contributed by atoms with E-state index in [0.29, 0.717) is 24.5 Å². The normalized spacial score (nSPS) is 17.6. The summed E-state index contributed by atoms with van der Waals surface area (Å²) in [5.74, 6) is 1.36. The van der Waals surface area contributed by atoms with E-state index in [4.69, 9.17) is 14.2 Å². The van der Waals surface area contributed by atoms with Crippen LogP contribution >= 0.6 is 0 Å². The first-order valence-electron chi connectivity index (χ1n) is 9.91. The van der Waals surface area contributed by atoms with Gasteiger partial charge in [0.2, 0.25) is 5.91 Å². The molecule has 2 aromatic rings. The third-order valence-corrected chi connectivity index (χ3v) is 4.99. The van der Waals surface area contributed by atoms with Crippen molar-refractivity contribution >= 4 is 5.91 Å². The van der Waals surface area contributed by atoms with Gasteiger partial charge in [-0.1, -0.05) is 36.4 Å². The number of carbonyl (C=O) groups excluding carboxylic acids is 1. The zero-order valence-electron chi connectivity index (χ0n) is 16.6. The Morgan fingerprint density at radius 3 is 2.71 bits per heavy atom. The molecular formula is C23H29NO4. The van der Waals surface area contributed by atoms with Gasteiger partial charge in [-0.3, -0.25) is 4.79 Å². The molecule has 28 heavy (non-hydrogen) atoms. The summed E-state index contributed by atoms with van der Waals surface area (Å²) in [6.45, 7) is 3.21. The van der Waals surface area contributed by atoms with Crippen LogP contribution in [0.4, 0.5) is 0 Å². The highest BCUT2D eigenvalue weighted by molar-refractivity contribution is 5.77. The van der Waals surface area contributed by atoms with Crippen molar-refractivity contribution in [2.75, 3.05) is 13.7 Å². The number of hydrogen-bond acceptors (Lipinski definition) is 4. The first kappa shape index (κ1) is 20.2. The van der Waals surface area contributed by atoms with Crippen LogP contribution in [0.2, 0.25) is 0 Å². The number of methoxy groups -OCH3 is 1. The molecule has 1 fully saturated rings. The van der Waals surface area contributed by atoms with Crippen molar-refractivity contribution in [2.24, 2.45) is 0 Å². The number of amides is 1. The molecule has 1 aliphatic heterocycles. The fraction of sp³-hybridized carbons (Fsp3) is 0.435. The van der Waals surface area contributed by atoms with Crippen molar-refractivity contribution < 1.29 is 19.0 Å². The van der Waals surface area contributed by atoms with E-state index in [-0.39, 0.29) is 18.1 Å². The molecule has 1 N–H and O–H groups in total. The van der Waals surface area contributed by atoms with Crippen molar-refractivity contribution in [1.82, 2.24) is 5.32 Å². The molecule has 150 valence electrons. The lowest BCUT2D eigenvalue weighted by atomic mass is 10.0. The van der Waals surface area contributed by atoms with Crippen LogP contribution in [0.1, 0.15) is 49.8 Å². The number of carbonyl (C=O) groups is 1. The summed E-state index contributed by atoms with van der Waals surface area (Å²) < 4.78 is 17.0. The van der Waals surface area contributed by atoms with Gasteiger partial charge < -0.3 is 19.5 Å². The van der Waals surface area contributed by atoms with Gasteiger partial charge in [0.05, 0.1) is 25.7 Å². The van der Waals surface area contributed by atoms with Gasteiger partial charge >= 0.3 is 0 Å². The van der Waals surface area contributed by atoms with Crippen LogP contribution in [0.15, 0.2) is 48.5 Å². The second-order valence-electron chi connectivity index (χ2n) is 7.17. The van der Waals surface area contributed by atoms with E-state index in [1.807, 2.05) is 55.5 Å². The van der Waals surface area contributed by atoms with Gasteiger partial charge in [-0.05, 0) is 49.4 Å². The van der Waals surface area contributed by atoms with Crippen LogP contribution in [-0.2, 0) is 16.1 Å². The quantitative estimate of drug-likeness (QED) is 0.734. The lowest BCUT2D eigenvalue weighted by molar-refractivity contribution is -0.125. The van der Waals surface area contributed by atoms with Crippen LogP contribution < -0.4 is 14.8 Å². The molecule has 0 aliphatic carbocycles. The maximum absolute atomic E-state index is 12.3. The summed E-state index contributed by atoms with van der Waals surface area (Å²) in [5.41, 5.74) is 2.07. The van der Waals surface area contributed by atoms with Gasteiger partial charge in [0.1, 0.15) is 6.61 Å². The molecule has 0 bridgehead atoms. The minimum atomic E-state index is -0.117. The Kier molecular flexibility index (Phi) is 7.31. The van der Waals surface area contributed by atoms with Crippen LogP contribution in [0.25, 0.3) is 0 Å². The zero-order valence-corrected chi connectivity index (χ0v) is 16.6. The second kappa shape index (κ2) is 10.1. The van der Waals surface area contributed by atoms with Crippen LogP contribution in [0.5, 0.6) is 11.5 Å². The monoisotopic (exact) mass is 383 g/mol. The lowest BCUT2D eigenvalue weighted by Gasteiger charge is -2.23. The molecule has 0 spiro atoms. The van der Waals surface area contributed by atoms with E-state index in [9.17, 15) is 4.79 Å². The number of benzene rings is 2. The number of ether oxygens (including phenoxy) is 3. The minimum absolute atomic E-state index is 0.0165. The number of nitrogens with one attached hydrogen (secondary N) is 1. The molecule has 0 radical (unpaired) electrons. The predicted octanol–water partition coefficient (Wildman–Crippen LogP) is 4.41. The third kappa shape index (κ3) is 5.73. The molecule has 1 heterocycles. The molecule has 2 aromatic carbocycles. The Morgan fingerprint density at radius 1 is 1.18 bits per heavy atom. The first-order chi connectivity index (χ1) is 13.7. The van der Waals surface area contributed by atoms with E-state index in [0.717, 1.165) is 37.0 Å². The highest BCUT2D eigenvalue weighted by atomic mass is 16.5. The number of hydrogen-bond donors (Lipinski definition) is 1. The summed E-state index contributed by atoms with van der Waals surface area (Å²) in [6.07, 6.45) is 3.65. The Bertz CT molecular complexity index is 756. The Balaban J connectivity index is 1.57. The molecule has 2 unspecified atom stereocenters. The third-order valence-electron chi connectivity index (χ3n) is 4.99. The molecule has 2 atom stereocenters. The van der Waals surface area contributed by atoms with Crippen molar-refractivity contribution in [3.63, 3.8) is 0 Å². The maximum Gasteiger partial charge on any atom is 0.223 e. The van der Waals surface area contributed by atoms with E-state index < -0.39 is 0 Å². The van der Waals surface area contributed by atoms with Crippen molar-refractivity contribution in [3.8, 4) is 11.5 Å². The predicted molar refractivity (Wildman–Crippen MR) is 109 cm³/mol. The Labute approximate surface area is 167 Å². The van der Waals surface area contributed by atoms with Gasteiger partial charge in [-0.2, -0.15) is 0 Å². The number of rotatable bonds is 8. The molecule has 3 rings (SSSR count). The molecule has 1 saturated heterocycles. The molecule has 0 aromatic heterocycles. The summed E-state index contributed by atoms with van der Waals surface area (Å²) in [5, 5.41) is 3.06. The van der Waals surface area contributed by atoms with Gasteiger partial charge in [0.25, 0.3) is 0 Å². The van der Waals surface area contributed by atoms with Crippen molar-refractivity contribution in [2.45, 2.75) is 51.4 Å². The highest BCUT2D eigenvalue weighted by Crippen LogP contribution is 2.31. The molecule has 0 saturated carbocycles. The lowest BCUT2D eigenvalue weighted by Crippen LogP contribution is -2.32. The van der Waals surface area contributed by atoms with E-state index in [1.54, 1.807) is 7.11 Å². The summed E-state index contributed by atoms with van der Waals surface area (Å²) >= 11 is 0. The van der Waals surface area contributed by atoms with Gasteiger partial charge in [-0.15, -0.1) is 0 Å². The standard InChI is InChI=1S/C23H29NO4/c1-17(24-23(25)15-20-10-6-7-13-27-20)19-11-12-21(22(14-19)26-2)28-16-18-8-4-3-5-9-18/h3-5,8-9,11-12,14,17,20H,6-7,10,13,15-16H2,1-2H3,(H,24,25). The van der Waals surface area contributed by atoms with Gasteiger partial charge in [0.15, 0.2) is 11.5 Å². The maximum atomic E-state index is 12.3. The average molecular weight is 383 g/mol. The SMILES string of the molecule is COc1cc(C(C)NC(=O)CC2CCCCO2)ccc1OCc1ccccc1. The van der Waals surface area contributed by atoms with E-state index >= 15 is 0 Å². The fourth-order valence-corrected chi connectivity index (χ4v) is 3.37. The van der Waals surface area contributed by atoms with Crippen LogP contribution in [0, 0.1) is 0 Å². The van der Waals surface area contributed by atoms with Gasteiger partial charge in [0, 0.05) is 6.61 Å². The average Bonchev–Trinajstić information content (AvgIpc) is 2.73. The molecule has 5 nitrogen and oxygen atoms in total. The zero-order chi connectivity index (χ0) is 19.8. The molecule has 5 heteroatoms. The Morgan fingerprint density at radius 2 is 2.00 bits per heavy atom. The van der Waals surface area contributed by atoms with Crippen LogP contribution in [0.3, 0.4) is 0 Å². The van der Waals surface area contributed by atoms with Crippen molar-refractivity contribution in [1.29, 1.82) is 0 Å².